The third-order valence-electron chi connectivity index (χ3n) is 2.09. The molecule has 0 aliphatic rings. The van der Waals surface area contributed by atoms with Crippen molar-refractivity contribution in [2.24, 2.45) is 5.41 Å². The predicted molar refractivity (Wildman–Crippen MR) is 81.7 cm³/mol. The van der Waals surface area contributed by atoms with Crippen LogP contribution < -0.4 is 0 Å². The molecule has 0 atom stereocenters. The Morgan fingerprint density at radius 1 is 1.00 bits per heavy atom. The summed E-state index contributed by atoms with van der Waals surface area (Å²) >= 11 is 1.67. The maximum Gasteiger partial charge on any atom is 0.543 e. The average Bonchev–Trinajstić information content (AvgIpc) is 2.25. The fourth-order valence-corrected chi connectivity index (χ4v) is 6.00. The van der Waals surface area contributed by atoms with Crippen LogP contribution in [0.25, 0.3) is 0 Å². The monoisotopic (exact) mass is 292 g/mol. The first-order valence-corrected chi connectivity index (χ1v) is 9.49. The van der Waals surface area contributed by atoms with Crippen molar-refractivity contribution in [2.45, 2.75) is 41.5 Å². The standard InChI is InChI=1S/C13H28O3SSi/c1-8-14-18(15-9-2,16-10-3)12(17-7)11-13(4,5)6/h11H,8-10H2,1-7H3/b12-11+. The zero-order valence-corrected chi connectivity index (χ0v) is 14.6. The van der Waals surface area contributed by atoms with Crippen LogP contribution in [0.3, 0.4) is 0 Å². The maximum absolute atomic E-state index is 5.91. The van der Waals surface area contributed by atoms with Gasteiger partial charge < -0.3 is 13.3 Å². The third-order valence-corrected chi connectivity index (χ3v) is 6.76. The Hall–Kier alpha value is 0.187. The summed E-state index contributed by atoms with van der Waals surface area (Å²) in [5.74, 6) is 0. The van der Waals surface area contributed by atoms with Gasteiger partial charge in [-0.3, -0.25) is 0 Å². The molecular formula is C13H28O3SSi. The largest absolute Gasteiger partial charge is 0.543 e. The summed E-state index contributed by atoms with van der Waals surface area (Å²) < 4.78 is 18.9. The molecule has 0 aromatic heterocycles. The highest BCUT2D eigenvalue weighted by Crippen LogP contribution is 2.32. The highest BCUT2D eigenvalue weighted by Gasteiger charge is 2.45. The zero-order valence-electron chi connectivity index (χ0n) is 12.8. The molecule has 5 heteroatoms. The summed E-state index contributed by atoms with van der Waals surface area (Å²) in [5.41, 5.74) is 0.0852. The second-order valence-corrected chi connectivity index (χ2v) is 8.66. The lowest BCUT2D eigenvalue weighted by Gasteiger charge is -2.31. The van der Waals surface area contributed by atoms with E-state index in [1.54, 1.807) is 11.8 Å². The molecule has 18 heavy (non-hydrogen) atoms. The Labute approximate surface area is 118 Å². The molecule has 0 saturated heterocycles. The lowest BCUT2D eigenvalue weighted by atomic mass is 9.98. The van der Waals surface area contributed by atoms with E-state index in [4.69, 9.17) is 13.3 Å². The van der Waals surface area contributed by atoms with E-state index in [1.165, 1.54) is 0 Å². The fourth-order valence-electron chi connectivity index (χ4n) is 1.57. The number of allylic oxidation sites excluding steroid dienone is 1. The molecule has 0 aliphatic heterocycles. The highest BCUT2D eigenvalue weighted by molar-refractivity contribution is 8.04. The van der Waals surface area contributed by atoms with Gasteiger partial charge in [0.25, 0.3) is 0 Å². The topological polar surface area (TPSA) is 27.7 Å². The van der Waals surface area contributed by atoms with E-state index >= 15 is 0 Å². The summed E-state index contributed by atoms with van der Waals surface area (Å²) in [6.45, 7) is 14.3. The molecule has 0 bridgehead atoms. The highest BCUT2D eigenvalue weighted by atomic mass is 32.2. The SMILES string of the molecule is CCO[Si](OCC)(OCC)/C(=C/C(C)(C)C)SC. The van der Waals surface area contributed by atoms with Crippen LogP contribution in [0, 0.1) is 5.41 Å². The zero-order chi connectivity index (χ0) is 14.2. The predicted octanol–water partition coefficient (Wildman–Crippen LogP) is 3.87. The van der Waals surface area contributed by atoms with Crippen molar-refractivity contribution in [2.75, 3.05) is 26.1 Å². The molecule has 0 rings (SSSR count). The molecule has 0 aromatic carbocycles. The van der Waals surface area contributed by atoms with Gasteiger partial charge >= 0.3 is 8.80 Å². The van der Waals surface area contributed by atoms with Crippen LogP contribution >= 0.6 is 11.8 Å². The molecule has 108 valence electrons. The normalized spacial score (nSPS) is 14.1. The van der Waals surface area contributed by atoms with E-state index in [0.29, 0.717) is 19.8 Å². The Kier molecular flexibility index (Phi) is 8.46. The van der Waals surface area contributed by atoms with Crippen molar-refractivity contribution < 1.29 is 13.3 Å². The van der Waals surface area contributed by atoms with Gasteiger partial charge in [-0.1, -0.05) is 26.8 Å². The maximum atomic E-state index is 5.91. The summed E-state index contributed by atoms with van der Waals surface area (Å²) in [5, 5.41) is 0. The van der Waals surface area contributed by atoms with Gasteiger partial charge in [0.1, 0.15) is 0 Å². The van der Waals surface area contributed by atoms with Crippen molar-refractivity contribution in [3.8, 4) is 0 Å². The van der Waals surface area contributed by atoms with Gasteiger partial charge in [0, 0.05) is 19.8 Å². The molecule has 0 saturated carbocycles. The third kappa shape index (κ3) is 5.89. The summed E-state index contributed by atoms with van der Waals surface area (Å²) in [6, 6.07) is 0. The van der Waals surface area contributed by atoms with Gasteiger partial charge in [-0.2, -0.15) is 0 Å². The number of hydrogen-bond acceptors (Lipinski definition) is 4. The minimum Gasteiger partial charge on any atom is -0.370 e. The number of hydrogen-bond donors (Lipinski definition) is 0. The van der Waals surface area contributed by atoms with Crippen LogP contribution in [0.5, 0.6) is 0 Å². The first kappa shape index (κ1) is 18.2. The molecule has 0 aliphatic carbocycles. The van der Waals surface area contributed by atoms with Gasteiger partial charge in [0.2, 0.25) is 0 Å². The van der Waals surface area contributed by atoms with Gasteiger partial charge in [-0.15, -0.1) is 11.8 Å². The Balaban J connectivity index is 5.39. The first-order chi connectivity index (χ1) is 8.35. The molecule has 0 aromatic rings. The Morgan fingerprint density at radius 3 is 1.61 bits per heavy atom. The smallest absolute Gasteiger partial charge is 0.370 e. The van der Waals surface area contributed by atoms with Crippen molar-refractivity contribution in [1.82, 2.24) is 0 Å². The fraction of sp³-hybridized carbons (Fsp3) is 0.846. The molecule has 3 nitrogen and oxygen atoms in total. The molecule has 0 N–H and O–H groups in total. The molecule has 0 amide bonds. The van der Waals surface area contributed by atoms with Crippen LogP contribution in [0.2, 0.25) is 0 Å². The van der Waals surface area contributed by atoms with Gasteiger partial charge in [0.05, 0.1) is 4.53 Å². The van der Waals surface area contributed by atoms with Crippen LogP contribution in [-0.4, -0.2) is 34.9 Å². The van der Waals surface area contributed by atoms with Gasteiger partial charge in [-0.05, 0) is 32.4 Å². The number of rotatable bonds is 8. The quantitative estimate of drug-likeness (QED) is 0.635. The van der Waals surface area contributed by atoms with Crippen molar-refractivity contribution in [1.29, 1.82) is 0 Å². The van der Waals surface area contributed by atoms with Crippen molar-refractivity contribution >= 4 is 20.6 Å². The second kappa shape index (κ2) is 8.38. The molecule has 0 heterocycles. The summed E-state index contributed by atoms with van der Waals surface area (Å²) in [6.07, 6.45) is 4.27. The summed E-state index contributed by atoms with van der Waals surface area (Å²) in [4.78, 5) is 0. The first-order valence-electron chi connectivity index (χ1n) is 6.54. The van der Waals surface area contributed by atoms with Crippen LogP contribution in [0.4, 0.5) is 0 Å². The Bertz CT molecular complexity index is 244. The molecule has 0 unspecified atom stereocenters. The van der Waals surface area contributed by atoms with Crippen molar-refractivity contribution in [3.63, 3.8) is 0 Å². The van der Waals surface area contributed by atoms with Crippen LogP contribution in [-0.2, 0) is 13.3 Å². The average molecular weight is 293 g/mol. The van der Waals surface area contributed by atoms with Crippen molar-refractivity contribution in [3.05, 3.63) is 10.6 Å². The second-order valence-electron chi connectivity index (χ2n) is 4.93. The van der Waals surface area contributed by atoms with Gasteiger partial charge in [-0.25, -0.2) is 0 Å². The van der Waals surface area contributed by atoms with E-state index in [-0.39, 0.29) is 5.41 Å². The molecule has 0 fully saturated rings. The van der Waals surface area contributed by atoms with Crippen LogP contribution in [0.1, 0.15) is 41.5 Å². The van der Waals surface area contributed by atoms with E-state index in [1.807, 2.05) is 20.8 Å². The summed E-state index contributed by atoms with van der Waals surface area (Å²) in [7, 11) is -2.71. The Morgan fingerprint density at radius 2 is 1.39 bits per heavy atom. The molecular weight excluding hydrogens is 264 g/mol. The van der Waals surface area contributed by atoms with E-state index in [0.717, 1.165) is 4.53 Å². The lowest BCUT2D eigenvalue weighted by molar-refractivity contribution is 0.0829. The van der Waals surface area contributed by atoms with Gasteiger partial charge in [0.15, 0.2) is 0 Å². The van der Waals surface area contributed by atoms with E-state index in [9.17, 15) is 0 Å². The molecule has 0 spiro atoms. The minimum atomic E-state index is -2.71. The lowest BCUT2D eigenvalue weighted by Crippen LogP contribution is -2.48. The molecule has 0 radical (unpaired) electrons. The van der Waals surface area contributed by atoms with E-state index < -0.39 is 8.80 Å². The van der Waals surface area contributed by atoms with Crippen LogP contribution in [0.15, 0.2) is 10.6 Å². The van der Waals surface area contributed by atoms with E-state index in [2.05, 4.69) is 33.1 Å². The number of thioether (sulfide) groups is 1. The minimum absolute atomic E-state index is 0.0852.